The average molecular weight is 624 g/mol. The van der Waals surface area contributed by atoms with Gasteiger partial charge in [0.25, 0.3) is 5.91 Å². The molecule has 5 amide bonds. The van der Waals surface area contributed by atoms with E-state index in [0.29, 0.717) is 30.7 Å². The molecule has 1 heterocycles. The largest absolute Gasteiger partial charge is 0.363 e. The van der Waals surface area contributed by atoms with Crippen molar-refractivity contribution in [3.05, 3.63) is 0 Å². The Bertz CT molecular complexity index is 1200. The van der Waals surface area contributed by atoms with Gasteiger partial charge in [0, 0.05) is 12.1 Å². The number of likely N-dealkylation sites (tertiary alicyclic amines) is 1. The molecule has 0 radical (unpaired) electrons. The summed E-state index contributed by atoms with van der Waals surface area (Å²) in [6.45, 7) is 4.70. The molecule has 45 heavy (non-hydrogen) atoms. The minimum atomic E-state index is -1.05. The Morgan fingerprint density at radius 3 is 2.02 bits per heavy atom. The first-order valence-corrected chi connectivity index (χ1v) is 18.0. The number of piperidine rings is 1. The average Bonchev–Trinajstić information content (AvgIpc) is 3.27. The predicted octanol–water partition coefficient (Wildman–Crippen LogP) is 3.42. The topological polar surface area (TPSA) is 151 Å². The minimum absolute atomic E-state index is 0.0183. The number of nitrogens with zero attached hydrogens (tertiary/aromatic N) is 1. The maximum Gasteiger partial charge on any atom is 0.315 e. The van der Waals surface area contributed by atoms with E-state index in [1.54, 1.807) is 4.90 Å². The molecule has 0 aromatic rings. The van der Waals surface area contributed by atoms with E-state index in [9.17, 15) is 24.0 Å². The number of urea groups is 1. The Balaban J connectivity index is 1.09. The van der Waals surface area contributed by atoms with Crippen molar-refractivity contribution in [1.29, 1.82) is 0 Å². The summed E-state index contributed by atoms with van der Waals surface area (Å²) in [4.78, 5) is 68.7. The first-order chi connectivity index (χ1) is 21.4. The van der Waals surface area contributed by atoms with Crippen molar-refractivity contribution in [3.8, 4) is 0 Å². The third-order valence-corrected chi connectivity index (χ3v) is 13.5. The van der Waals surface area contributed by atoms with Gasteiger partial charge in [-0.1, -0.05) is 52.4 Å². The number of carbonyl (C=O) groups excluding carboxylic acids is 5. The molecule has 7 saturated carbocycles. The van der Waals surface area contributed by atoms with E-state index in [4.69, 9.17) is 5.73 Å². The fourth-order valence-corrected chi connectivity index (χ4v) is 11.2. The lowest BCUT2D eigenvalue weighted by atomic mass is 9.53. The monoisotopic (exact) mass is 623 g/mol. The highest BCUT2D eigenvalue weighted by Gasteiger charge is 2.70. The van der Waals surface area contributed by atoms with E-state index in [1.807, 2.05) is 0 Å². The summed E-state index contributed by atoms with van der Waals surface area (Å²) >= 11 is 0. The number of primary amides is 1. The van der Waals surface area contributed by atoms with Gasteiger partial charge >= 0.3 is 6.03 Å². The second-order valence-electron chi connectivity index (χ2n) is 16.9. The smallest absolute Gasteiger partial charge is 0.315 e. The van der Waals surface area contributed by atoms with Gasteiger partial charge in [0.2, 0.25) is 17.6 Å². The van der Waals surface area contributed by atoms with Gasteiger partial charge in [0.1, 0.15) is 12.1 Å². The minimum Gasteiger partial charge on any atom is -0.363 e. The Hall–Kier alpha value is -2.65. The zero-order valence-corrected chi connectivity index (χ0v) is 27.2. The van der Waals surface area contributed by atoms with Crippen LogP contribution in [0.15, 0.2) is 0 Å². The van der Waals surface area contributed by atoms with E-state index in [2.05, 4.69) is 29.8 Å². The van der Waals surface area contributed by atoms with Crippen LogP contribution in [0.5, 0.6) is 0 Å². The molecule has 8 rings (SSSR count). The summed E-state index contributed by atoms with van der Waals surface area (Å²) in [5.74, 6) is 0.105. The van der Waals surface area contributed by atoms with E-state index < -0.39 is 29.8 Å². The summed E-state index contributed by atoms with van der Waals surface area (Å²) in [5.41, 5.74) is 5.11. The number of Topliss-reactive ketones (excluding diaryl/α,β-unsaturated/α-hetero) is 1. The van der Waals surface area contributed by atoms with Crippen LogP contribution in [0.1, 0.15) is 110 Å². The Morgan fingerprint density at radius 1 is 0.844 bits per heavy atom. The molecule has 8 aliphatic rings. The van der Waals surface area contributed by atoms with Crippen LogP contribution >= 0.6 is 0 Å². The Morgan fingerprint density at radius 2 is 1.47 bits per heavy atom. The number of hydrogen-bond acceptors (Lipinski definition) is 5. The molecule has 7 aliphatic carbocycles. The maximum absolute atomic E-state index is 14.6. The lowest BCUT2D eigenvalue weighted by Gasteiger charge is -2.56. The molecule has 4 bridgehead atoms. The molecule has 1 aliphatic heterocycles. The van der Waals surface area contributed by atoms with Gasteiger partial charge in [0.15, 0.2) is 0 Å². The van der Waals surface area contributed by atoms with E-state index in [1.165, 1.54) is 19.3 Å². The molecule has 248 valence electrons. The molecular formula is C35H53N5O5. The van der Waals surface area contributed by atoms with E-state index in [-0.39, 0.29) is 52.5 Å². The molecule has 0 spiro atoms. The standard InChI is InChI=1S/C35H53N5O5/c1-34(2)24-18-40(28(26(24)34)31(43)37-25(29(41)30(36)42)14-19-7-6-8-19)32(44)27(23-9-4-3-5-10-23)38-33(45)39-35-15-20-11-21(16-35)13-22(12-20)17-35/h19-28H,3-18H2,1-2H3,(H2,36,42)(H,37,43)(H2,38,39,45)/t20?,21?,22?,24-,25-,26-,27-,28-,35?/m0/s1. The zero-order valence-electron chi connectivity index (χ0n) is 27.2. The van der Waals surface area contributed by atoms with Gasteiger partial charge in [-0.05, 0) is 105 Å². The number of fused-ring (bicyclic) bond motifs is 1. The maximum atomic E-state index is 14.6. The van der Waals surface area contributed by atoms with Crippen molar-refractivity contribution in [1.82, 2.24) is 20.9 Å². The van der Waals surface area contributed by atoms with Crippen molar-refractivity contribution >= 4 is 29.5 Å². The van der Waals surface area contributed by atoms with Gasteiger partial charge in [-0.25, -0.2) is 4.79 Å². The highest BCUT2D eigenvalue weighted by molar-refractivity contribution is 6.37. The molecular weight excluding hydrogens is 570 g/mol. The number of nitrogens with two attached hydrogens (primary N) is 1. The molecule has 5 atom stereocenters. The normalized spacial score (nSPS) is 37.6. The van der Waals surface area contributed by atoms with Crippen LogP contribution in [0.4, 0.5) is 4.79 Å². The van der Waals surface area contributed by atoms with Crippen LogP contribution in [-0.2, 0) is 19.2 Å². The van der Waals surface area contributed by atoms with E-state index in [0.717, 1.165) is 70.6 Å². The first kappa shape index (κ1) is 31.0. The summed E-state index contributed by atoms with van der Waals surface area (Å²) in [6.07, 6.45) is 15.3. The van der Waals surface area contributed by atoms with Crippen molar-refractivity contribution in [2.45, 2.75) is 134 Å². The summed E-state index contributed by atoms with van der Waals surface area (Å²) in [7, 11) is 0. The molecule has 10 heteroatoms. The predicted molar refractivity (Wildman–Crippen MR) is 167 cm³/mol. The van der Waals surface area contributed by atoms with E-state index >= 15 is 0 Å². The highest BCUT2D eigenvalue weighted by atomic mass is 16.2. The van der Waals surface area contributed by atoms with Crippen LogP contribution in [0, 0.1) is 46.8 Å². The fraction of sp³-hybridized carbons (Fsp3) is 0.857. The van der Waals surface area contributed by atoms with Gasteiger partial charge < -0.3 is 26.6 Å². The first-order valence-electron chi connectivity index (χ1n) is 18.0. The molecule has 8 fully saturated rings. The fourth-order valence-electron chi connectivity index (χ4n) is 11.2. The highest BCUT2D eigenvalue weighted by Crippen LogP contribution is 2.65. The third-order valence-electron chi connectivity index (χ3n) is 13.5. The Labute approximate surface area is 267 Å². The number of ketones is 1. The summed E-state index contributed by atoms with van der Waals surface area (Å²) in [5, 5.41) is 9.46. The molecule has 0 aromatic carbocycles. The van der Waals surface area contributed by atoms with Crippen LogP contribution in [0.3, 0.4) is 0 Å². The second kappa shape index (κ2) is 11.5. The van der Waals surface area contributed by atoms with Crippen molar-refractivity contribution < 1.29 is 24.0 Å². The summed E-state index contributed by atoms with van der Waals surface area (Å²) < 4.78 is 0. The molecule has 0 aromatic heterocycles. The molecule has 1 saturated heterocycles. The lowest BCUT2D eigenvalue weighted by molar-refractivity contribution is -0.144. The number of nitrogens with one attached hydrogen (secondary N) is 3. The van der Waals surface area contributed by atoms with Crippen molar-refractivity contribution in [3.63, 3.8) is 0 Å². The SMILES string of the molecule is CC1(C)[C@@H]2[C@@H](C(=O)N[C@@H](CC3CCC3)C(=O)C(N)=O)N(C(=O)[C@@H](NC(=O)NC34CC5CC(CC(C5)C3)C4)C3CCCCC3)C[C@@H]21. The number of rotatable bonds is 10. The number of hydrogen-bond donors (Lipinski definition) is 4. The van der Waals surface area contributed by atoms with Crippen molar-refractivity contribution in [2.75, 3.05) is 6.54 Å². The van der Waals surface area contributed by atoms with Gasteiger partial charge in [0.05, 0.1) is 6.04 Å². The molecule has 0 unspecified atom stereocenters. The quantitative estimate of drug-likeness (QED) is 0.275. The molecule has 10 nitrogen and oxygen atoms in total. The number of carbonyl (C=O) groups is 5. The van der Waals surface area contributed by atoms with Crippen LogP contribution in [-0.4, -0.2) is 64.6 Å². The zero-order chi connectivity index (χ0) is 31.7. The van der Waals surface area contributed by atoms with Crippen LogP contribution < -0.4 is 21.7 Å². The van der Waals surface area contributed by atoms with Gasteiger partial charge in [-0.15, -0.1) is 0 Å². The van der Waals surface area contributed by atoms with Crippen LogP contribution in [0.2, 0.25) is 0 Å². The number of amides is 5. The van der Waals surface area contributed by atoms with Gasteiger partial charge in [-0.3, -0.25) is 19.2 Å². The van der Waals surface area contributed by atoms with Crippen molar-refractivity contribution in [2.24, 2.45) is 52.6 Å². The molecule has 5 N–H and O–H groups in total. The van der Waals surface area contributed by atoms with Crippen LogP contribution in [0.25, 0.3) is 0 Å². The second-order valence-corrected chi connectivity index (χ2v) is 16.9. The third kappa shape index (κ3) is 5.77. The lowest BCUT2D eigenvalue weighted by Crippen LogP contribution is -2.64. The Kier molecular flexibility index (Phi) is 7.95. The summed E-state index contributed by atoms with van der Waals surface area (Å²) in [6, 6.07) is -2.68. The van der Waals surface area contributed by atoms with Gasteiger partial charge in [-0.2, -0.15) is 0 Å².